The zero-order chi connectivity index (χ0) is 21.8. The molecule has 0 amide bonds. The van der Waals surface area contributed by atoms with Gasteiger partial charge in [0.05, 0.1) is 11.4 Å². The van der Waals surface area contributed by atoms with Gasteiger partial charge >= 0.3 is 0 Å². The Morgan fingerprint density at radius 1 is 0.968 bits per heavy atom. The lowest BCUT2D eigenvalue weighted by molar-refractivity contribution is 0.435. The van der Waals surface area contributed by atoms with Crippen molar-refractivity contribution >= 4 is 0 Å². The normalized spacial score (nSPS) is 11.2. The Morgan fingerprint density at radius 3 is 2.45 bits per heavy atom. The molecule has 0 spiro atoms. The lowest BCUT2D eigenvalue weighted by Crippen LogP contribution is -2.12. The van der Waals surface area contributed by atoms with Crippen LogP contribution in [0.1, 0.15) is 43.3 Å². The number of hydrogen-bond acceptors (Lipinski definition) is 4. The van der Waals surface area contributed by atoms with Gasteiger partial charge in [-0.25, -0.2) is 9.67 Å². The molecule has 0 radical (unpaired) electrons. The van der Waals surface area contributed by atoms with E-state index >= 15 is 0 Å². The largest absolute Gasteiger partial charge is 0.438 e. The highest BCUT2D eigenvalue weighted by atomic mass is 16.5. The van der Waals surface area contributed by atoms with Crippen LogP contribution in [0.5, 0.6) is 11.6 Å². The van der Waals surface area contributed by atoms with Crippen molar-refractivity contribution in [3.8, 4) is 23.4 Å². The van der Waals surface area contributed by atoms with Gasteiger partial charge in [-0.3, -0.25) is 0 Å². The second-order valence-corrected chi connectivity index (χ2v) is 8.37. The highest BCUT2D eigenvalue weighted by Gasteiger charge is 2.20. The van der Waals surface area contributed by atoms with E-state index in [1.807, 2.05) is 66.7 Å². The Kier molecular flexibility index (Phi) is 5.55. The first kappa shape index (κ1) is 20.4. The van der Waals surface area contributed by atoms with Crippen LogP contribution >= 0.6 is 0 Å². The molecule has 0 bridgehead atoms. The smallest absolute Gasteiger partial charge is 0.222 e. The van der Waals surface area contributed by atoms with Crippen LogP contribution < -0.4 is 4.74 Å². The highest BCUT2D eigenvalue weighted by Crippen LogP contribution is 2.34. The average Bonchev–Trinajstić information content (AvgIpc) is 3.18. The summed E-state index contributed by atoms with van der Waals surface area (Å²) in [5.41, 5.74) is 4.16. The fraction of sp³-hybridized carbons (Fsp3) is 0.192. The van der Waals surface area contributed by atoms with Crippen LogP contribution in [0.3, 0.4) is 0 Å². The summed E-state index contributed by atoms with van der Waals surface area (Å²) in [4.78, 5) is 4.51. The van der Waals surface area contributed by atoms with Crippen molar-refractivity contribution in [3.63, 3.8) is 0 Å². The number of rotatable bonds is 5. The lowest BCUT2D eigenvalue weighted by atomic mass is 9.86. The number of benzene rings is 2. The number of nitrogens with zero attached hydrogens (tertiary/aromatic N) is 4. The summed E-state index contributed by atoms with van der Waals surface area (Å²) in [7, 11) is 0. The Morgan fingerprint density at radius 2 is 1.71 bits per heavy atom. The predicted molar refractivity (Wildman–Crippen MR) is 121 cm³/mol. The zero-order valence-electron chi connectivity index (χ0n) is 17.9. The highest BCUT2D eigenvalue weighted by molar-refractivity contribution is 5.43. The third-order valence-electron chi connectivity index (χ3n) is 5.02. The van der Waals surface area contributed by atoms with Gasteiger partial charge in [-0.15, -0.1) is 0 Å². The van der Waals surface area contributed by atoms with E-state index in [0.29, 0.717) is 18.0 Å². The number of nitriles is 1. The topological polar surface area (TPSA) is 63.7 Å². The summed E-state index contributed by atoms with van der Waals surface area (Å²) in [6.07, 6.45) is 2.26. The molecule has 0 unspecified atom stereocenters. The van der Waals surface area contributed by atoms with Crippen molar-refractivity contribution in [1.29, 1.82) is 5.26 Å². The van der Waals surface area contributed by atoms with Crippen molar-refractivity contribution in [2.45, 2.75) is 32.6 Å². The molecule has 4 aromatic rings. The van der Waals surface area contributed by atoms with Gasteiger partial charge in [-0.2, -0.15) is 10.4 Å². The van der Waals surface area contributed by atoms with Crippen LogP contribution in [0.2, 0.25) is 0 Å². The van der Waals surface area contributed by atoms with Gasteiger partial charge in [0.15, 0.2) is 5.69 Å². The van der Waals surface area contributed by atoms with E-state index in [4.69, 9.17) is 4.74 Å². The number of hydrogen-bond donors (Lipinski definition) is 0. The number of para-hydroxylation sites is 2. The van der Waals surface area contributed by atoms with E-state index in [1.165, 1.54) is 0 Å². The maximum atomic E-state index is 9.38. The zero-order valence-corrected chi connectivity index (χ0v) is 17.9. The molecule has 2 aromatic heterocycles. The van der Waals surface area contributed by atoms with Crippen LogP contribution in [0.4, 0.5) is 0 Å². The van der Waals surface area contributed by atoms with E-state index in [-0.39, 0.29) is 5.41 Å². The number of ether oxygens (including phenoxy) is 1. The average molecular weight is 409 g/mol. The second kappa shape index (κ2) is 8.45. The second-order valence-electron chi connectivity index (χ2n) is 8.37. The first-order valence-electron chi connectivity index (χ1n) is 10.2. The first-order chi connectivity index (χ1) is 15.0. The maximum absolute atomic E-state index is 9.38. The van der Waals surface area contributed by atoms with Crippen molar-refractivity contribution in [2.75, 3.05) is 0 Å². The SMILES string of the molecule is CC(C)(C)c1ccccc1Oc1ncccc1Cc1cc(C#N)nn1-c1ccccc1. The van der Waals surface area contributed by atoms with E-state index in [9.17, 15) is 5.26 Å². The molecule has 0 aliphatic heterocycles. The quantitative estimate of drug-likeness (QED) is 0.417. The van der Waals surface area contributed by atoms with Gasteiger partial charge in [0.1, 0.15) is 11.8 Å². The third kappa shape index (κ3) is 4.49. The van der Waals surface area contributed by atoms with Gasteiger partial charge in [0, 0.05) is 23.7 Å². The Balaban J connectivity index is 1.71. The molecule has 5 heteroatoms. The molecule has 154 valence electrons. The molecule has 0 saturated carbocycles. The van der Waals surface area contributed by atoms with Crippen LogP contribution in [-0.2, 0) is 11.8 Å². The van der Waals surface area contributed by atoms with E-state index in [2.05, 4.69) is 43.0 Å². The van der Waals surface area contributed by atoms with E-state index in [0.717, 1.165) is 28.3 Å². The van der Waals surface area contributed by atoms with Gasteiger partial charge < -0.3 is 4.74 Å². The molecule has 0 atom stereocenters. The molecular weight excluding hydrogens is 384 g/mol. The summed E-state index contributed by atoms with van der Waals surface area (Å²) < 4.78 is 8.12. The molecular formula is C26H24N4O. The van der Waals surface area contributed by atoms with Crippen molar-refractivity contribution in [1.82, 2.24) is 14.8 Å². The molecule has 0 aliphatic carbocycles. The van der Waals surface area contributed by atoms with Crippen LogP contribution in [0.15, 0.2) is 79.0 Å². The molecule has 31 heavy (non-hydrogen) atoms. The van der Waals surface area contributed by atoms with Gasteiger partial charge in [-0.05, 0) is 35.7 Å². The van der Waals surface area contributed by atoms with Gasteiger partial charge in [0.2, 0.25) is 5.88 Å². The summed E-state index contributed by atoms with van der Waals surface area (Å²) >= 11 is 0. The maximum Gasteiger partial charge on any atom is 0.222 e. The molecule has 4 rings (SSSR count). The Hall–Kier alpha value is -3.91. The standard InChI is InChI=1S/C26H24N4O/c1-26(2,3)23-13-7-8-14-24(23)31-25-19(10-9-15-28-25)16-22-17-20(18-27)29-30(22)21-11-5-4-6-12-21/h4-15,17H,16H2,1-3H3. The number of pyridine rings is 1. The molecule has 2 heterocycles. The van der Waals surface area contributed by atoms with E-state index < -0.39 is 0 Å². The monoisotopic (exact) mass is 408 g/mol. The molecule has 0 saturated heterocycles. The molecule has 0 N–H and O–H groups in total. The van der Waals surface area contributed by atoms with Crippen molar-refractivity contribution < 1.29 is 4.74 Å². The summed E-state index contributed by atoms with van der Waals surface area (Å²) in [6.45, 7) is 6.49. The first-order valence-corrected chi connectivity index (χ1v) is 10.2. The van der Waals surface area contributed by atoms with Gasteiger partial charge in [0.25, 0.3) is 0 Å². The minimum absolute atomic E-state index is 0.0564. The molecule has 5 nitrogen and oxygen atoms in total. The lowest BCUT2D eigenvalue weighted by Gasteiger charge is -2.22. The minimum atomic E-state index is -0.0564. The summed E-state index contributed by atoms with van der Waals surface area (Å²) in [5.74, 6) is 1.35. The van der Waals surface area contributed by atoms with Crippen LogP contribution in [0, 0.1) is 11.3 Å². The minimum Gasteiger partial charge on any atom is -0.438 e. The van der Waals surface area contributed by atoms with Gasteiger partial charge in [-0.1, -0.05) is 63.2 Å². The Labute approximate surface area is 182 Å². The Bertz CT molecular complexity index is 1230. The van der Waals surface area contributed by atoms with Crippen LogP contribution in [-0.4, -0.2) is 14.8 Å². The summed E-state index contributed by atoms with van der Waals surface area (Å²) in [6, 6.07) is 25.7. The molecule has 0 fully saturated rings. The fourth-order valence-electron chi connectivity index (χ4n) is 3.52. The van der Waals surface area contributed by atoms with Crippen molar-refractivity contribution in [2.24, 2.45) is 0 Å². The summed E-state index contributed by atoms with van der Waals surface area (Å²) in [5, 5.41) is 13.8. The van der Waals surface area contributed by atoms with Crippen molar-refractivity contribution in [3.05, 3.63) is 102 Å². The predicted octanol–water partition coefficient (Wildman–Crippen LogP) is 5.82. The van der Waals surface area contributed by atoms with E-state index in [1.54, 1.807) is 10.9 Å². The fourth-order valence-corrected chi connectivity index (χ4v) is 3.52. The van der Waals surface area contributed by atoms with Crippen LogP contribution in [0.25, 0.3) is 5.69 Å². The molecule has 2 aromatic carbocycles. The molecule has 0 aliphatic rings. The third-order valence-corrected chi connectivity index (χ3v) is 5.02. The number of aromatic nitrogens is 3.